The Balaban J connectivity index is 2.19. The van der Waals surface area contributed by atoms with Crippen LogP contribution in [0.1, 0.15) is 18.2 Å². The number of pyridine rings is 1. The normalized spacial score (nSPS) is 14.4. The Labute approximate surface area is 167 Å². The van der Waals surface area contributed by atoms with Gasteiger partial charge >= 0.3 is 11.9 Å². The number of esters is 2. The van der Waals surface area contributed by atoms with Gasteiger partial charge in [-0.1, -0.05) is 18.5 Å². The van der Waals surface area contributed by atoms with Crippen molar-refractivity contribution in [2.45, 2.75) is 20.3 Å². The van der Waals surface area contributed by atoms with Crippen LogP contribution in [0.4, 0.5) is 5.69 Å². The number of rotatable bonds is 4. The van der Waals surface area contributed by atoms with Crippen LogP contribution in [0.2, 0.25) is 5.02 Å². The number of carbonyl (C=O) groups excluding carboxylic acids is 2. The molecule has 0 aliphatic carbocycles. The van der Waals surface area contributed by atoms with Crippen LogP contribution in [0.5, 0.6) is 0 Å². The van der Waals surface area contributed by atoms with Crippen molar-refractivity contribution in [3.8, 4) is 0 Å². The van der Waals surface area contributed by atoms with Gasteiger partial charge in [0.2, 0.25) is 0 Å². The molecule has 0 radical (unpaired) electrons. The van der Waals surface area contributed by atoms with E-state index >= 15 is 0 Å². The lowest BCUT2D eigenvalue weighted by molar-refractivity contribution is -0.140. The number of carbonyl (C=O) groups is 2. The third-order valence-electron chi connectivity index (χ3n) is 4.70. The molecular formula is C20H21ClN2O5. The number of nitrogens with zero attached hydrogens (tertiary/aromatic N) is 2. The summed E-state index contributed by atoms with van der Waals surface area (Å²) >= 11 is 6.62. The molecule has 7 nitrogen and oxygen atoms in total. The van der Waals surface area contributed by atoms with Crippen LogP contribution in [0.25, 0.3) is 10.9 Å². The van der Waals surface area contributed by atoms with E-state index in [4.69, 9.17) is 25.8 Å². The van der Waals surface area contributed by atoms with Gasteiger partial charge in [0.05, 0.1) is 36.9 Å². The number of methoxy groups -OCH3 is 2. The molecule has 8 heteroatoms. The number of hydrogen-bond acceptors (Lipinski definition) is 7. The van der Waals surface area contributed by atoms with Gasteiger partial charge in [-0.2, -0.15) is 0 Å². The number of hydrogen-bond donors (Lipinski definition) is 0. The Morgan fingerprint density at radius 2 is 1.96 bits per heavy atom. The Kier molecular flexibility index (Phi) is 5.86. The van der Waals surface area contributed by atoms with E-state index in [9.17, 15) is 9.59 Å². The van der Waals surface area contributed by atoms with Crippen molar-refractivity contribution in [1.29, 1.82) is 0 Å². The fourth-order valence-electron chi connectivity index (χ4n) is 3.29. The second-order valence-electron chi connectivity index (χ2n) is 6.26. The summed E-state index contributed by atoms with van der Waals surface area (Å²) in [6.07, 6.45) is 0.754. The zero-order valence-electron chi connectivity index (χ0n) is 16.2. The Morgan fingerprint density at radius 3 is 2.61 bits per heavy atom. The Bertz CT molecular complexity index is 986. The van der Waals surface area contributed by atoms with Crippen LogP contribution in [0.15, 0.2) is 29.5 Å². The van der Waals surface area contributed by atoms with Gasteiger partial charge in [-0.25, -0.2) is 9.59 Å². The molecule has 0 fully saturated rings. The van der Waals surface area contributed by atoms with Gasteiger partial charge in [-0.3, -0.25) is 4.98 Å². The van der Waals surface area contributed by atoms with Crippen molar-refractivity contribution in [2.24, 2.45) is 0 Å². The molecule has 1 aromatic carbocycles. The zero-order valence-corrected chi connectivity index (χ0v) is 16.9. The predicted molar refractivity (Wildman–Crippen MR) is 105 cm³/mol. The second-order valence-corrected chi connectivity index (χ2v) is 6.64. The quantitative estimate of drug-likeness (QED) is 0.724. The Hall–Kier alpha value is -2.64. The smallest absolute Gasteiger partial charge is 0.355 e. The van der Waals surface area contributed by atoms with E-state index in [2.05, 4.69) is 4.98 Å². The third kappa shape index (κ3) is 3.43. The molecule has 0 spiro atoms. The average molecular weight is 405 g/mol. The van der Waals surface area contributed by atoms with Crippen LogP contribution in [-0.2, 0) is 30.2 Å². The first-order chi connectivity index (χ1) is 13.4. The minimum atomic E-state index is -0.647. The molecular weight excluding hydrogens is 384 g/mol. The molecule has 0 saturated carbocycles. The number of benzene rings is 1. The van der Waals surface area contributed by atoms with E-state index in [-0.39, 0.29) is 24.6 Å². The summed E-state index contributed by atoms with van der Waals surface area (Å²) in [4.78, 5) is 30.8. The standard InChI is InChI=1S/C20H21ClN2O5/c1-5-13-11(2)22-16-7-6-12(8-14(16)17(13)21)23-10-28-9-15(19(24)26-3)18(23)20(25)27-4/h6-8H,5,9-10H2,1-4H3. The molecule has 0 N–H and O–H groups in total. The molecule has 0 atom stereocenters. The van der Waals surface area contributed by atoms with Gasteiger partial charge in [0, 0.05) is 16.8 Å². The monoisotopic (exact) mass is 404 g/mol. The highest BCUT2D eigenvalue weighted by atomic mass is 35.5. The number of halogens is 1. The van der Waals surface area contributed by atoms with Crippen LogP contribution < -0.4 is 4.90 Å². The maximum absolute atomic E-state index is 12.4. The van der Waals surface area contributed by atoms with Gasteiger partial charge in [0.25, 0.3) is 0 Å². The van der Waals surface area contributed by atoms with Crippen LogP contribution >= 0.6 is 11.6 Å². The molecule has 0 bridgehead atoms. The van der Waals surface area contributed by atoms with Gasteiger partial charge in [-0.15, -0.1) is 0 Å². The molecule has 0 unspecified atom stereocenters. The fraction of sp³-hybridized carbons (Fsp3) is 0.350. The summed E-state index contributed by atoms with van der Waals surface area (Å²) in [5, 5.41) is 1.39. The lowest BCUT2D eigenvalue weighted by atomic mass is 10.1. The van der Waals surface area contributed by atoms with E-state index in [0.29, 0.717) is 10.7 Å². The molecule has 2 heterocycles. The first kappa shape index (κ1) is 20.1. The van der Waals surface area contributed by atoms with E-state index in [0.717, 1.165) is 28.6 Å². The highest BCUT2D eigenvalue weighted by molar-refractivity contribution is 6.36. The molecule has 28 heavy (non-hydrogen) atoms. The number of fused-ring (bicyclic) bond motifs is 1. The van der Waals surface area contributed by atoms with Crippen LogP contribution in [0.3, 0.4) is 0 Å². The summed E-state index contributed by atoms with van der Waals surface area (Å²) < 4.78 is 15.2. The van der Waals surface area contributed by atoms with Crippen molar-refractivity contribution in [3.05, 3.63) is 45.7 Å². The van der Waals surface area contributed by atoms with Gasteiger partial charge in [-0.05, 0) is 37.1 Å². The van der Waals surface area contributed by atoms with Crippen molar-refractivity contribution in [3.63, 3.8) is 0 Å². The van der Waals surface area contributed by atoms with Gasteiger partial charge in [0.15, 0.2) is 0 Å². The maximum atomic E-state index is 12.4. The van der Waals surface area contributed by atoms with Crippen LogP contribution in [-0.4, -0.2) is 44.5 Å². The van der Waals surface area contributed by atoms with Crippen molar-refractivity contribution >= 4 is 40.1 Å². The summed E-state index contributed by atoms with van der Waals surface area (Å²) in [7, 11) is 2.51. The summed E-state index contributed by atoms with van der Waals surface area (Å²) in [6, 6.07) is 5.45. The van der Waals surface area contributed by atoms with Crippen molar-refractivity contribution in [1.82, 2.24) is 4.98 Å². The highest BCUT2D eigenvalue weighted by Gasteiger charge is 2.32. The summed E-state index contributed by atoms with van der Waals surface area (Å²) in [5.41, 5.74) is 3.43. The van der Waals surface area contributed by atoms with Gasteiger partial charge < -0.3 is 19.1 Å². The van der Waals surface area contributed by atoms with E-state index in [1.165, 1.54) is 14.2 Å². The van der Waals surface area contributed by atoms with E-state index < -0.39 is 11.9 Å². The first-order valence-corrected chi connectivity index (χ1v) is 9.14. The highest BCUT2D eigenvalue weighted by Crippen LogP contribution is 2.34. The van der Waals surface area contributed by atoms with Crippen LogP contribution in [0, 0.1) is 6.92 Å². The minimum Gasteiger partial charge on any atom is -0.466 e. The fourth-order valence-corrected chi connectivity index (χ4v) is 3.71. The summed E-state index contributed by atoms with van der Waals surface area (Å²) in [6.45, 7) is 3.98. The maximum Gasteiger partial charge on any atom is 0.355 e. The number of aryl methyl sites for hydroxylation is 1. The molecule has 1 aromatic heterocycles. The number of ether oxygens (including phenoxy) is 3. The minimum absolute atomic E-state index is 0.0390. The van der Waals surface area contributed by atoms with Crippen molar-refractivity contribution < 1.29 is 23.8 Å². The molecule has 1 aliphatic rings. The molecule has 148 valence electrons. The largest absolute Gasteiger partial charge is 0.466 e. The predicted octanol–water partition coefficient (Wildman–Crippen LogP) is 3.15. The second kappa shape index (κ2) is 8.16. The van der Waals surface area contributed by atoms with E-state index in [1.807, 2.05) is 26.0 Å². The Morgan fingerprint density at radius 1 is 1.25 bits per heavy atom. The first-order valence-electron chi connectivity index (χ1n) is 8.76. The molecule has 0 saturated heterocycles. The lowest BCUT2D eigenvalue weighted by Crippen LogP contribution is -2.38. The lowest BCUT2D eigenvalue weighted by Gasteiger charge is -2.31. The molecule has 0 amide bonds. The van der Waals surface area contributed by atoms with Crippen molar-refractivity contribution in [2.75, 3.05) is 32.5 Å². The summed E-state index contributed by atoms with van der Waals surface area (Å²) in [5.74, 6) is -1.29. The number of anilines is 1. The van der Waals surface area contributed by atoms with Gasteiger partial charge in [0.1, 0.15) is 12.4 Å². The molecule has 1 aliphatic heterocycles. The molecule has 2 aromatic rings. The SMILES string of the molecule is CCc1c(C)nc2ccc(N3COCC(C(=O)OC)=C3C(=O)OC)cc2c1Cl. The average Bonchev–Trinajstić information content (AvgIpc) is 2.72. The third-order valence-corrected chi connectivity index (χ3v) is 5.14. The topological polar surface area (TPSA) is 78.0 Å². The number of aromatic nitrogens is 1. The zero-order chi connectivity index (χ0) is 20.4. The van der Waals surface area contributed by atoms with E-state index in [1.54, 1.807) is 11.0 Å². The molecule has 3 rings (SSSR count).